The molecule has 0 radical (unpaired) electrons. The molecule has 22 heavy (non-hydrogen) atoms. The molecule has 0 saturated carbocycles. The van der Waals surface area contributed by atoms with E-state index in [2.05, 4.69) is 9.97 Å². The molecule has 0 saturated heterocycles. The van der Waals surface area contributed by atoms with Gasteiger partial charge in [0, 0.05) is 28.1 Å². The summed E-state index contributed by atoms with van der Waals surface area (Å²) in [7, 11) is 3.16. The van der Waals surface area contributed by atoms with Gasteiger partial charge in [-0.15, -0.1) is 0 Å². The normalized spacial score (nSPS) is 12.2. The maximum atomic E-state index is 12.8. The van der Waals surface area contributed by atoms with Crippen molar-refractivity contribution in [3.05, 3.63) is 47.9 Å². The zero-order valence-electron chi connectivity index (χ0n) is 12.1. The summed E-state index contributed by atoms with van der Waals surface area (Å²) >= 11 is 0. The first kappa shape index (κ1) is 12.8. The number of ether oxygens (including phenoxy) is 2. The van der Waals surface area contributed by atoms with Crippen LogP contribution in [0.5, 0.6) is 11.5 Å². The second-order valence-corrected chi connectivity index (χ2v) is 5.00. The fraction of sp³-hybridized carbons (Fsp3) is 0.118. The Hall–Kier alpha value is -2.95. The van der Waals surface area contributed by atoms with Crippen LogP contribution in [0.15, 0.2) is 36.7 Å². The molecule has 0 amide bonds. The third kappa shape index (κ3) is 1.56. The standard InChI is InChI=1S/C17H12N2O3/c1-21-9-3-4-10-12(7-9)17(20)16-14-11(5-6-18-15(10)14)13(22-2)8-19-16/h3-8H,1-2H3. The number of benzene rings is 1. The number of hydrogen-bond acceptors (Lipinski definition) is 5. The quantitative estimate of drug-likeness (QED) is 0.568. The Bertz CT molecular complexity index is 935. The van der Waals surface area contributed by atoms with Crippen LogP contribution >= 0.6 is 0 Å². The number of pyridine rings is 2. The van der Waals surface area contributed by atoms with Crippen molar-refractivity contribution in [3.8, 4) is 22.8 Å². The van der Waals surface area contributed by atoms with Crippen LogP contribution in [0.4, 0.5) is 0 Å². The lowest BCUT2D eigenvalue weighted by molar-refractivity contribution is 0.103. The first-order valence-electron chi connectivity index (χ1n) is 6.79. The van der Waals surface area contributed by atoms with Crippen LogP contribution in [0.3, 0.4) is 0 Å². The van der Waals surface area contributed by atoms with Crippen LogP contribution in [0.25, 0.3) is 22.0 Å². The van der Waals surface area contributed by atoms with E-state index in [4.69, 9.17) is 9.47 Å². The number of carbonyl (C=O) groups excluding carboxylic acids is 1. The molecule has 2 heterocycles. The molecule has 0 bridgehead atoms. The summed E-state index contributed by atoms with van der Waals surface area (Å²) in [5.74, 6) is 1.14. The molecule has 1 aliphatic carbocycles. The van der Waals surface area contributed by atoms with Crippen molar-refractivity contribution >= 4 is 16.6 Å². The summed E-state index contributed by atoms with van der Waals surface area (Å²) < 4.78 is 10.6. The third-order valence-corrected chi connectivity index (χ3v) is 3.93. The minimum atomic E-state index is -0.123. The second-order valence-electron chi connectivity index (χ2n) is 5.00. The van der Waals surface area contributed by atoms with Crippen molar-refractivity contribution in [1.29, 1.82) is 0 Å². The van der Waals surface area contributed by atoms with Gasteiger partial charge in [0.2, 0.25) is 5.78 Å². The van der Waals surface area contributed by atoms with Crippen LogP contribution < -0.4 is 9.47 Å². The van der Waals surface area contributed by atoms with Crippen LogP contribution in [-0.4, -0.2) is 30.0 Å². The lowest BCUT2D eigenvalue weighted by Gasteiger charge is -2.19. The highest BCUT2D eigenvalue weighted by Gasteiger charge is 2.28. The van der Waals surface area contributed by atoms with Crippen molar-refractivity contribution in [2.75, 3.05) is 14.2 Å². The summed E-state index contributed by atoms with van der Waals surface area (Å²) in [6.07, 6.45) is 3.29. The van der Waals surface area contributed by atoms with Crippen molar-refractivity contribution in [3.63, 3.8) is 0 Å². The van der Waals surface area contributed by atoms with Gasteiger partial charge >= 0.3 is 0 Å². The van der Waals surface area contributed by atoms with E-state index in [-0.39, 0.29) is 5.78 Å². The van der Waals surface area contributed by atoms with E-state index in [1.165, 1.54) is 0 Å². The highest BCUT2D eigenvalue weighted by Crippen LogP contribution is 2.40. The summed E-state index contributed by atoms with van der Waals surface area (Å²) in [5.41, 5.74) is 2.50. The van der Waals surface area contributed by atoms with Gasteiger partial charge in [-0.05, 0) is 24.3 Å². The number of hydrogen-bond donors (Lipinski definition) is 0. The maximum absolute atomic E-state index is 12.8. The molecular weight excluding hydrogens is 280 g/mol. The molecule has 1 aliphatic rings. The summed E-state index contributed by atoms with van der Waals surface area (Å²) in [5, 5.41) is 1.58. The minimum absolute atomic E-state index is 0.123. The van der Waals surface area contributed by atoms with E-state index in [0.29, 0.717) is 22.8 Å². The molecule has 0 N–H and O–H groups in total. The Morgan fingerprint density at radius 1 is 0.955 bits per heavy atom. The lowest BCUT2D eigenvalue weighted by Crippen LogP contribution is -2.13. The summed E-state index contributed by atoms with van der Waals surface area (Å²) in [6, 6.07) is 7.25. The molecule has 4 rings (SSSR count). The maximum Gasteiger partial charge on any atom is 0.212 e. The first-order valence-corrected chi connectivity index (χ1v) is 6.79. The van der Waals surface area contributed by atoms with Crippen LogP contribution in [0, 0.1) is 0 Å². The number of carbonyl (C=O) groups is 1. The lowest BCUT2D eigenvalue weighted by atomic mass is 9.88. The Labute approximate surface area is 126 Å². The number of nitrogens with zero attached hydrogens (tertiary/aromatic N) is 2. The van der Waals surface area contributed by atoms with Crippen LogP contribution in [0.2, 0.25) is 0 Å². The largest absolute Gasteiger partial charge is 0.497 e. The van der Waals surface area contributed by atoms with Gasteiger partial charge < -0.3 is 9.47 Å². The number of rotatable bonds is 2. The average molecular weight is 292 g/mol. The fourth-order valence-corrected chi connectivity index (χ4v) is 2.88. The van der Waals surface area contributed by atoms with Crippen molar-refractivity contribution in [2.24, 2.45) is 0 Å². The van der Waals surface area contributed by atoms with E-state index >= 15 is 0 Å². The van der Waals surface area contributed by atoms with Gasteiger partial charge in [0.15, 0.2) is 0 Å². The van der Waals surface area contributed by atoms with E-state index < -0.39 is 0 Å². The average Bonchev–Trinajstić information content (AvgIpc) is 2.58. The van der Waals surface area contributed by atoms with Crippen LogP contribution in [-0.2, 0) is 0 Å². The summed E-state index contributed by atoms with van der Waals surface area (Å²) in [4.78, 5) is 21.5. The molecule has 0 aliphatic heterocycles. The van der Waals surface area contributed by atoms with E-state index in [0.717, 1.165) is 22.0 Å². The van der Waals surface area contributed by atoms with Gasteiger partial charge in [0.25, 0.3) is 0 Å². The predicted octanol–water partition coefficient (Wildman–Crippen LogP) is 2.86. The molecule has 3 aromatic rings. The van der Waals surface area contributed by atoms with Crippen molar-refractivity contribution < 1.29 is 14.3 Å². The van der Waals surface area contributed by atoms with Gasteiger partial charge in [-0.25, -0.2) is 4.98 Å². The van der Waals surface area contributed by atoms with Gasteiger partial charge in [-0.3, -0.25) is 9.78 Å². The Morgan fingerprint density at radius 2 is 1.82 bits per heavy atom. The predicted molar refractivity (Wildman–Crippen MR) is 81.5 cm³/mol. The molecule has 0 spiro atoms. The SMILES string of the molecule is COc1ccc2c(c1)C(=O)c1ncc(OC)c3ccnc-2c13. The molecule has 108 valence electrons. The van der Waals surface area contributed by atoms with E-state index in [1.807, 2.05) is 18.2 Å². The van der Waals surface area contributed by atoms with Gasteiger partial charge in [-0.1, -0.05) is 0 Å². The molecule has 5 heteroatoms. The number of fused-ring (bicyclic) bond motifs is 2. The zero-order chi connectivity index (χ0) is 15.3. The van der Waals surface area contributed by atoms with E-state index in [1.54, 1.807) is 32.7 Å². The van der Waals surface area contributed by atoms with Gasteiger partial charge in [0.1, 0.15) is 17.2 Å². The Morgan fingerprint density at radius 3 is 2.59 bits per heavy atom. The molecule has 0 fully saturated rings. The molecular formula is C17H12N2O3. The Balaban J connectivity index is 2.14. The highest BCUT2D eigenvalue weighted by atomic mass is 16.5. The molecule has 2 aromatic heterocycles. The monoisotopic (exact) mass is 292 g/mol. The first-order chi connectivity index (χ1) is 10.7. The van der Waals surface area contributed by atoms with E-state index in [9.17, 15) is 4.79 Å². The van der Waals surface area contributed by atoms with Crippen molar-refractivity contribution in [1.82, 2.24) is 9.97 Å². The smallest absolute Gasteiger partial charge is 0.212 e. The third-order valence-electron chi connectivity index (χ3n) is 3.93. The number of ketones is 1. The summed E-state index contributed by atoms with van der Waals surface area (Å²) in [6.45, 7) is 0. The minimum Gasteiger partial charge on any atom is -0.497 e. The van der Waals surface area contributed by atoms with Crippen molar-refractivity contribution in [2.45, 2.75) is 0 Å². The number of methoxy groups -OCH3 is 2. The zero-order valence-corrected chi connectivity index (χ0v) is 12.1. The second kappa shape index (κ2) is 4.53. The topological polar surface area (TPSA) is 61.3 Å². The van der Waals surface area contributed by atoms with Gasteiger partial charge in [-0.2, -0.15) is 0 Å². The Kier molecular flexibility index (Phi) is 2.63. The fourth-order valence-electron chi connectivity index (χ4n) is 2.88. The molecule has 0 unspecified atom stereocenters. The highest BCUT2D eigenvalue weighted by molar-refractivity contribution is 6.24. The van der Waals surface area contributed by atoms with Crippen LogP contribution in [0.1, 0.15) is 16.1 Å². The van der Waals surface area contributed by atoms with Gasteiger partial charge in [0.05, 0.1) is 26.1 Å². The number of aromatic nitrogens is 2. The molecule has 1 aromatic carbocycles. The molecule has 5 nitrogen and oxygen atoms in total. The molecule has 0 atom stereocenters.